The van der Waals surface area contributed by atoms with Gasteiger partial charge in [0.15, 0.2) is 4.34 Å². The first kappa shape index (κ1) is 18.5. The molecule has 1 aromatic carbocycles. The number of esters is 1. The van der Waals surface area contributed by atoms with Gasteiger partial charge in [-0.25, -0.2) is 9.59 Å². The first-order valence-electron chi connectivity index (χ1n) is 7.34. The largest absolute Gasteiger partial charge is 0.466 e. The van der Waals surface area contributed by atoms with Crippen molar-refractivity contribution in [3.8, 4) is 0 Å². The molecule has 0 saturated carbocycles. The summed E-state index contributed by atoms with van der Waals surface area (Å²) in [5.41, 5.74) is 7.05. The summed E-state index contributed by atoms with van der Waals surface area (Å²) in [5, 5.41) is 14.0. The number of rotatable bonds is 5. The number of anilines is 1. The van der Waals surface area contributed by atoms with Crippen LogP contribution in [0.2, 0.25) is 5.02 Å². The molecule has 1 atom stereocenters. The van der Waals surface area contributed by atoms with Crippen LogP contribution in [0.4, 0.5) is 9.93 Å². The Kier molecular flexibility index (Phi) is 5.64. The Morgan fingerprint density at radius 1 is 1.38 bits per heavy atom. The molecular formula is C15H14ClN5O3S2. The summed E-state index contributed by atoms with van der Waals surface area (Å²) in [6.07, 6.45) is 0. The zero-order chi connectivity index (χ0) is 18.7. The van der Waals surface area contributed by atoms with Gasteiger partial charge in [0.25, 0.3) is 0 Å². The standard InChI is InChI=1S/C15H14ClN5O3S2/c1-24-12(22)10-9(6-25-15-21-20-13(17)26-15)18-14(23)19-11(10)7-2-4-8(16)5-3-7/h2-5,11H,6H2,1H3,(H2,17,20)(H2,18,19,23)/t11-/m1/s1. The van der Waals surface area contributed by atoms with Crippen molar-refractivity contribution in [1.82, 2.24) is 20.8 Å². The van der Waals surface area contributed by atoms with E-state index in [0.29, 0.717) is 37.1 Å². The normalized spacial score (nSPS) is 16.8. The molecule has 0 fully saturated rings. The van der Waals surface area contributed by atoms with Gasteiger partial charge in [0, 0.05) is 16.5 Å². The molecule has 0 saturated heterocycles. The summed E-state index contributed by atoms with van der Waals surface area (Å²) < 4.78 is 5.55. The van der Waals surface area contributed by atoms with Gasteiger partial charge in [-0.15, -0.1) is 10.2 Å². The maximum atomic E-state index is 12.4. The molecule has 1 aliphatic rings. The monoisotopic (exact) mass is 411 g/mol. The molecule has 2 aromatic rings. The van der Waals surface area contributed by atoms with Crippen LogP contribution < -0.4 is 16.4 Å². The van der Waals surface area contributed by atoms with Crippen molar-refractivity contribution in [3.05, 3.63) is 46.1 Å². The van der Waals surface area contributed by atoms with Crippen LogP contribution in [0.25, 0.3) is 0 Å². The van der Waals surface area contributed by atoms with Crippen LogP contribution in [0.3, 0.4) is 0 Å². The predicted octanol–water partition coefficient (Wildman–Crippen LogP) is 2.35. The van der Waals surface area contributed by atoms with Gasteiger partial charge in [0.2, 0.25) is 5.13 Å². The van der Waals surface area contributed by atoms with Crippen molar-refractivity contribution in [2.75, 3.05) is 18.6 Å². The van der Waals surface area contributed by atoms with Gasteiger partial charge >= 0.3 is 12.0 Å². The second kappa shape index (κ2) is 7.94. The lowest BCUT2D eigenvalue weighted by atomic mass is 9.95. The second-order valence-corrected chi connectivity index (χ2v) is 7.83. The van der Waals surface area contributed by atoms with E-state index in [9.17, 15) is 9.59 Å². The van der Waals surface area contributed by atoms with Crippen molar-refractivity contribution in [2.45, 2.75) is 10.4 Å². The number of nitrogens with zero attached hydrogens (tertiary/aromatic N) is 2. The average molecular weight is 412 g/mol. The lowest BCUT2D eigenvalue weighted by Gasteiger charge is -2.29. The number of ether oxygens (including phenoxy) is 1. The number of nitrogen functional groups attached to an aromatic ring is 1. The van der Waals surface area contributed by atoms with Gasteiger partial charge in [-0.3, -0.25) is 0 Å². The maximum absolute atomic E-state index is 12.4. The Bertz CT molecular complexity index is 868. The first-order valence-corrected chi connectivity index (χ1v) is 9.52. The van der Waals surface area contributed by atoms with Gasteiger partial charge in [-0.05, 0) is 17.7 Å². The van der Waals surface area contributed by atoms with Crippen molar-refractivity contribution < 1.29 is 14.3 Å². The summed E-state index contributed by atoms with van der Waals surface area (Å²) in [6, 6.07) is 5.82. The summed E-state index contributed by atoms with van der Waals surface area (Å²) in [5.74, 6) is -0.235. The number of nitrogens with one attached hydrogen (secondary N) is 2. The number of nitrogens with two attached hydrogens (primary N) is 1. The smallest absolute Gasteiger partial charge is 0.338 e. The Morgan fingerprint density at radius 3 is 2.73 bits per heavy atom. The Morgan fingerprint density at radius 2 is 2.12 bits per heavy atom. The van der Waals surface area contributed by atoms with Gasteiger partial charge in [-0.2, -0.15) is 0 Å². The number of hydrogen-bond acceptors (Lipinski definition) is 8. The van der Waals surface area contributed by atoms with E-state index in [2.05, 4.69) is 20.8 Å². The minimum absolute atomic E-state index is 0.302. The number of halogens is 1. The average Bonchev–Trinajstić information content (AvgIpc) is 3.05. The van der Waals surface area contributed by atoms with E-state index >= 15 is 0 Å². The quantitative estimate of drug-likeness (QED) is 0.510. The number of aromatic nitrogens is 2. The SMILES string of the molecule is COC(=O)C1=C(CSc2nnc(N)s2)NC(=O)N[C@@H]1c1ccc(Cl)cc1. The lowest BCUT2D eigenvalue weighted by Crippen LogP contribution is -2.46. The number of carbonyl (C=O) groups is 2. The topological polar surface area (TPSA) is 119 Å². The van der Waals surface area contributed by atoms with E-state index in [-0.39, 0.29) is 0 Å². The molecule has 0 aliphatic carbocycles. The summed E-state index contributed by atoms with van der Waals surface area (Å²) in [6.45, 7) is 0. The molecule has 3 rings (SSSR count). The molecule has 2 heterocycles. The highest BCUT2D eigenvalue weighted by Gasteiger charge is 2.33. The number of methoxy groups -OCH3 is 1. The third kappa shape index (κ3) is 4.09. The molecule has 4 N–H and O–H groups in total. The van der Waals surface area contributed by atoms with Crippen LogP contribution in [0.1, 0.15) is 11.6 Å². The highest BCUT2D eigenvalue weighted by atomic mass is 35.5. The minimum atomic E-state index is -0.649. The van der Waals surface area contributed by atoms with Gasteiger partial charge < -0.3 is 21.1 Å². The Hall–Kier alpha value is -2.30. The second-order valence-electron chi connectivity index (χ2n) is 5.16. The Balaban J connectivity index is 1.95. The van der Waals surface area contributed by atoms with Crippen molar-refractivity contribution in [1.29, 1.82) is 0 Å². The van der Waals surface area contributed by atoms with E-state index < -0.39 is 18.0 Å². The molecule has 0 bridgehead atoms. The van der Waals surface area contributed by atoms with Crippen molar-refractivity contribution >= 4 is 51.8 Å². The van der Waals surface area contributed by atoms with Crippen LogP contribution in [-0.4, -0.2) is 35.1 Å². The van der Waals surface area contributed by atoms with Crippen LogP contribution in [0.5, 0.6) is 0 Å². The molecule has 11 heteroatoms. The summed E-state index contributed by atoms with van der Waals surface area (Å²) >= 11 is 8.47. The zero-order valence-corrected chi connectivity index (χ0v) is 15.9. The fourth-order valence-electron chi connectivity index (χ4n) is 2.40. The molecular weight excluding hydrogens is 398 g/mol. The minimum Gasteiger partial charge on any atom is -0.466 e. The van der Waals surface area contributed by atoms with Crippen LogP contribution in [-0.2, 0) is 9.53 Å². The van der Waals surface area contributed by atoms with Crippen molar-refractivity contribution in [3.63, 3.8) is 0 Å². The number of urea groups is 1. The highest BCUT2D eigenvalue weighted by Crippen LogP contribution is 2.32. The van der Waals surface area contributed by atoms with E-state index in [1.54, 1.807) is 24.3 Å². The number of carbonyl (C=O) groups excluding carboxylic acids is 2. The van der Waals surface area contributed by atoms with E-state index in [1.165, 1.54) is 30.2 Å². The molecule has 1 aliphatic heterocycles. The fourth-order valence-corrected chi connectivity index (χ4v) is 4.13. The fraction of sp³-hybridized carbons (Fsp3) is 0.200. The lowest BCUT2D eigenvalue weighted by molar-refractivity contribution is -0.136. The summed E-state index contributed by atoms with van der Waals surface area (Å²) in [4.78, 5) is 24.5. The van der Waals surface area contributed by atoms with E-state index in [0.717, 1.165) is 0 Å². The van der Waals surface area contributed by atoms with Gasteiger partial charge in [0.1, 0.15) is 0 Å². The number of thioether (sulfide) groups is 1. The predicted molar refractivity (Wildman–Crippen MR) is 99.9 cm³/mol. The molecule has 2 amide bonds. The van der Waals surface area contributed by atoms with Crippen LogP contribution in [0.15, 0.2) is 39.9 Å². The third-order valence-electron chi connectivity index (χ3n) is 3.52. The van der Waals surface area contributed by atoms with Gasteiger partial charge in [-0.1, -0.05) is 46.8 Å². The Labute approximate surface area is 162 Å². The van der Waals surface area contributed by atoms with Crippen LogP contribution in [0, 0.1) is 0 Å². The van der Waals surface area contributed by atoms with Crippen LogP contribution >= 0.6 is 34.7 Å². The molecule has 8 nitrogen and oxygen atoms in total. The zero-order valence-electron chi connectivity index (χ0n) is 13.5. The number of amides is 2. The molecule has 136 valence electrons. The third-order valence-corrected chi connectivity index (χ3v) is 5.69. The molecule has 26 heavy (non-hydrogen) atoms. The highest BCUT2D eigenvalue weighted by molar-refractivity contribution is 8.01. The summed E-state index contributed by atoms with van der Waals surface area (Å²) in [7, 11) is 1.29. The van der Waals surface area contributed by atoms with E-state index in [1.807, 2.05) is 0 Å². The first-order chi connectivity index (χ1) is 12.5. The van der Waals surface area contributed by atoms with Crippen molar-refractivity contribution in [2.24, 2.45) is 0 Å². The van der Waals surface area contributed by atoms with Gasteiger partial charge in [0.05, 0.1) is 18.7 Å². The number of benzene rings is 1. The maximum Gasteiger partial charge on any atom is 0.338 e. The van der Waals surface area contributed by atoms with E-state index in [4.69, 9.17) is 22.1 Å². The molecule has 0 radical (unpaired) electrons. The molecule has 0 unspecified atom stereocenters. The molecule has 0 spiro atoms. The number of hydrogen-bond donors (Lipinski definition) is 3. The molecule has 1 aromatic heterocycles.